The number of nitrogens with zero attached hydrogens (tertiary/aromatic N) is 4. The molecule has 1 N–H and O–H groups in total. The molecule has 2 aromatic rings. The summed E-state index contributed by atoms with van der Waals surface area (Å²) in [5.74, 6) is -0.908. The Morgan fingerprint density at radius 3 is 2.61 bits per heavy atom. The zero-order valence-electron chi connectivity index (χ0n) is 13.3. The number of carbonyl (C=O) groups is 2. The Hall–Kier alpha value is -2.71. The average Bonchev–Trinajstić information content (AvgIpc) is 2.97. The lowest BCUT2D eigenvalue weighted by Crippen LogP contribution is -2.34. The van der Waals surface area contributed by atoms with Crippen molar-refractivity contribution in [2.24, 2.45) is 0 Å². The molecule has 1 amide bonds. The van der Waals surface area contributed by atoms with Gasteiger partial charge in [0, 0.05) is 13.1 Å². The Bertz CT molecular complexity index is 775. The van der Waals surface area contributed by atoms with Crippen molar-refractivity contribution < 1.29 is 14.3 Å². The van der Waals surface area contributed by atoms with Gasteiger partial charge in [0.2, 0.25) is 5.91 Å². The summed E-state index contributed by atoms with van der Waals surface area (Å²) in [5, 5.41) is 2.58. The molecular formula is C14H19N5O4. The number of carbonyl (C=O) groups excluding carboxylic acids is 2. The number of hydrogen-bond donors (Lipinski definition) is 1. The molecule has 0 aliphatic carbocycles. The molecule has 0 aliphatic heterocycles. The third-order valence-corrected chi connectivity index (χ3v) is 3.42. The van der Waals surface area contributed by atoms with Crippen LogP contribution in [0.1, 0.15) is 36.8 Å². The molecule has 9 heteroatoms. The zero-order valence-corrected chi connectivity index (χ0v) is 13.3. The smallest absolute Gasteiger partial charge is 0.345 e. The number of fused-ring (bicyclic) bond motifs is 1. The van der Waals surface area contributed by atoms with Gasteiger partial charge in [0.1, 0.15) is 11.9 Å². The van der Waals surface area contributed by atoms with Crippen LogP contribution in [0, 0.1) is 0 Å². The topological polar surface area (TPSA) is 110 Å². The van der Waals surface area contributed by atoms with Crippen molar-refractivity contribution >= 4 is 17.7 Å². The molecule has 0 bridgehead atoms. The third-order valence-electron chi connectivity index (χ3n) is 3.42. The predicted molar refractivity (Wildman–Crippen MR) is 81.2 cm³/mol. The Balaban J connectivity index is 2.52. The molecule has 0 saturated carbocycles. The third kappa shape index (κ3) is 3.22. The van der Waals surface area contributed by atoms with Crippen LogP contribution in [0.25, 0.3) is 5.78 Å². The van der Waals surface area contributed by atoms with Crippen LogP contribution in [-0.4, -0.2) is 56.1 Å². The van der Waals surface area contributed by atoms with Gasteiger partial charge in [-0.05, 0) is 20.8 Å². The number of nitrogens with one attached hydrogen (secondary N) is 1. The number of esters is 1. The highest BCUT2D eigenvalue weighted by Gasteiger charge is 2.24. The standard InChI is InChI=1S/C14H19N5O4/c1-4-18(5-2)10(20)7-9-11(13(22)23-6-3)12(21)19-14(17-9)15-8-16-19/h8H,4-7H2,1-3H3,(H,15,16,17). The van der Waals surface area contributed by atoms with Crippen molar-refractivity contribution in [1.29, 1.82) is 0 Å². The Morgan fingerprint density at radius 1 is 1.30 bits per heavy atom. The number of amides is 1. The maximum atomic E-state index is 12.4. The highest BCUT2D eigenvalue weighted by Crippen LogP contribution is 2.08. The number of rotatable bonds is 6. The van der Waals surface area contributed by atoms with E-state index in [2.05, 4.69) is 15.1 Å². The highest BCUT2D eigenvalue weighted by molar-refractivity contribution is 5.92. The number of ether oxygens (including phenoxy) is 1. The van der Waals surface area contributed by atoms with E-state index in [0.29, 0.717) is 13.1 Å². The second kappa shape index (κ2) is 7.03. The summed E-state index contributed by atoms with van der Waals surface area (Å²) in [6.45, 7) is 6.53. The van der Waals surface area contributed by atoms with Crippen LogP contribution in [0.3, 0.4) is 0 Å². The molecule has 0 aromatic carbocycles. The number of aromatic nitrogens is 4. The molecule has 0 spiro atoms. The molecule has 2 heterocycles. The summed E-state index contributed by atoms with van der Waals surface area (Å²) in [6.07, 6.45) is 1.13. The SMILES string of the molecule is CCOC(=O)c1c(CC(=O)N(CC)CC)nc2nc[nH]n2c1=O. The minimum atomic E-state index is -0.795. The first kappa shape index (κ1) is 16.7. The van der Waals surface area contributed by atoms with Crippen molar-refractivity contribution in [1.82, 2.24) is 24.5 Å². The van der Waals surface area contributed by atoms with E-state index in [1.165, 1.54) is 6.33 Å². The van der Waals surface area contributed by atoms with E-state index in [1.807, 2.05) is 13.8 Å². The molecule has 0 unspecified atom stereocenters. The summed E-state index contributed by atoms with van der Waals surface area (Å²) in [4.78, 5) is 46.5. The summed E-state index contributed by atoms with van der Waals surface area (Å²) >= 11 is 0. The summed E-state index contributed by atoms with van der Waals surface area (Å²) in [6, 6.07) is 0. The number of H-pyrrole nitrogens is 1. The second-order valence-corrected chi connectivity index (χ2v) is 4.72. The number of hydrogen-bond acceptors (Lipinski definition) is 6. The highest BCUT2D eigenvalue weighted by atomic mass is 16.5. The molecule has 124 valence electrons. The molecule has 2 aromatic heterocycles. The van der Waals surface area contributed by atoms with E-state index in [-0.39, 0.29) is 36.0 Å². The van der Waals surface area contributed by atoms with Gasteiger partial charge in [-0.25, -0.2) is 14.8 Å². The zero-order chi connectivity index (χ0) is 17.0. The van der Waals surface area contributed by atoms with Crippen molar-refractivity contribution in [3.63, 3.8) is 0 Å². The number of aromatic amines is 1. The van der Waals surface area contributed by atoms with Gasteiger partial charge in [-0.2, -0.15) is 4.52 Å². The quantitative estimate of drug-likeness (QED) is 0.750. The fourth-order valence-electron chi connectivity index (χ4n) is 2.27. The first-order valence-corrected chi connectivity index (χ1v) is 7.43. The maximum Gasteiger partial charge on any atom is 0.345 e. The molecule has 0 radical (unpaired) electrons. The van der Waals surface area contributed by atoms with Crippen LogP contribution in [0.15, 0.2) is 11.1 Å². The molecule has 0 atom stereocenters. The van der Waals surface area contributed by atoms with Gasteiger partial charge in [0.05, 0.1) is 18.7 Å². The van der Waals surface area contributed by atoms with Gasteiger partial charge in [0.25, 0.3) is 11.3 Å². The van der Waals surface area contributed by atoms with Crippen molar-refractivity contribution in [2.45, 2.75) is 27.2 Å². The fraction of sp³-hybridized carbons (Fsp3) is 0.500. The van der Waals surface area contributed by atoms with Gasteiger partial charge >= 0.3 is 5.97 Å². The molecule has 23 heavy (non-hydrogen) atoms. The van der Waals surface area contributed by atoms with Crippen LogP contribution < -0.4 is 5.56 Å². The largest absolute Gasteiger partial charge is 0.462 e. The summed E-state index contributed by atoms with van der Waals surface area (Å²) in [5.41, 5.74) is -0.792. The van der Waals surface area contributed by atoms with Gasteiger partial charge in [-0.3, -0.25) is 14.7 Å². The van der Waals surface area contributed by atoms with Gasteiger partial charge in [0.15, 0.2) is 0 Å². The van der Waals surface area contributed by atoms with E-state index >= 15 is 0 Å². The van der Waals surface area contributed by atoms with Crippen LogP contribution in [0.2, 0.25) is 0 Å². The first-order chi connectivity index (χ1) is 11.0. The number of likely N-dealkylation sites (N-methyl/N-ethyl adjacent to an activating group) is 1. The summed E-state index contributed by atoms with van der Waals surface area (Å²) in [7, 11) is 0. The van der Waals surface area contributed by atoms with Crippen molar-refractivity contribution in [3.05, 3.63) is 27.9 Å². The minimum Gasteiger partial charge on any atom is -0.462 e. The van der Waals surface area contributed by atoms with Crippen LogP contribution in [0.5, 0.6) is 0 Å². The lowest BCUT2D eigenvalue weighted by molar-refractivity contribution is -0.130. The normalized spacial score (nSPS) is 10.7. The monoisotopic (exact) mass is 321 g/mol. The summed E-state index contributed by atoms with van der Waals surface area (Å²) < 4.78 is 5.96. The second-order valence-electron chi connectivity index (χ2n) is 4.72. The Morgan fingerprint density at radius 2 is 2.00 bits per heavy atom. The van der Waals surface area contributed by atoms with E-state index < -0.39 is 11.5 Å². The molecule has 0 fully saturated rings. The fourth-order valence-corrected chi connectivity index (χ4v) is 2.27. The molecular weight excluding hydrogens is 302 g/mol. The van der Waals surface area contributed by atoms with Crippen molar-refractivity contribution in [2.75, 3.05) is 19.7 Å². The van der Waals surface area contributed by atoms with E-state index in [9.17, 15) is 14.4 Å². The Kier molecular flexibility index (Phi) is 5.09. The Labute approximate surface area is 132 Å². The molecule has 2 rings (SSSR count). The van der Waals surface area contributed by atoms with Crippen LogP contribution >= 0.6 is 0 Å². The van der Waals surface area contributed by atoms with E-state index in [4.69, 9.17) is 4.74 Å². The van der Waals surface area contributed by atoms with Gasteiger partial charge in [-0.15, -0.1) is 0 Å². The van der Waals surface area contributed by atoms with Gasteiger partial charge < -0.3 is 9.64 Å². The van der Waals surface area contributed by atoms with Crippen LogP contribution in [-0.2, 0) is 16.0 Å². The molecule has 0 saturated heterocycles. The average molecular weight is 321 g/mol. The maximum absolute atomic E-state index is 12.4. The van der Waals surface area contributed by atoms with Gasteiger partial charge in [-0.1, -0.05) is 0 Å². The van der Waals surface area contributed by atoms with Crippen LogP contribution in [0.4, 0.5) is 0 Å². The molecule has 9 nitrogen and oxygen atoms in total. The van der Waals surface area contributed by atoms with E-state index in [1.54, 1.807) is 11.8 Å². The first-order valence-electron chi connectivity index (χ1n) is 7.43. The predicted octanol–water partition coefficient (Wildman–Crippen LogP) is 0.00520. The van der Waals surface area contributed by atoms with Crippen molar-refractivity contribution in [3.8, 4) is 0 Å². The van der Waals surface area contributed by atoms with E-state index in [0.717, 1.165) is 4.52 Å². The molecule has 0 aliphatic rings. The lowest BCUT2D eigenvalue weighted by atomic mass is 10.1. The lowest BCUT2D eigenvalue weighted by Gasteiger charge is -2.18. The minimum absolute atomic E-state index is 0.0810.